The van der Waals surface area contributed by atoms with Gasteiger partial charge in [-0.05, 0) is 30.6 Å². The summed E-state index contributed by atoms with van der Waals surface area (Å²) in [5, 5.41) is 9.95. The molecule has 1 aliphatic rings. The lowest BCUT2D eigenvalue weighted by Crippen LogP contribution is -2.47. The standard InChI is InChI=1S/C30H53F2N3O5Si/c1-7-8-9-10-11-12-13-14-15-16-17-18-22(26(36)37)25-23(21-39-41(5,6)29(2,3)4)40-27(30(25,31)32)35-20-19-24(33)34-28(35)38/h19-20,22-23,25,27H,7-18,21H2,1-6H3,(H,36,37)(H2,33,34,38)/t22?,23?,25-,27-/m1/s1. The molecule has 2 rings (SSSR count). The first-order valence-corrected chi connectivity index (χ1v) is 18.3. The minimum absolute atomic E-state index is 0.0955. The first-order valence-electron chi connectivity index (χ1n) is 15.4. The molecule has 0 amide bonds. The lowest BCUT2D eigenvalue weighted by molar-refractivity contribution is -0.156. The van der Waals surface area contributed by atoms with Crippen LogP contribution in [-0.4, -0.2) is 47.6 Å². The van der Waals surface area contributed by atoms with Gasteiger partial charge in [0.05, 0.1) is 24.5 Å². The molecule has 0 aromatic carbocycles. The average Bonchev–Trinajstić information content (AvgIpc) is 3.12. The lowest BCUT2D eigenvalue weighted by Gasteiger charge is -2.37. The summed E-state index contributed by atoms with van der Waals surface area (Å²) in [5.74, 6) is -8.04. The number of nitrogen functional groups attached to an aromatic ring is 1. The number of carbonyl (C=O) groups is 1. The maximum Gasteiger partial charge on any atom is 0.351 e. The molecule has 1 aromatic rings. The van der Waals surface area contributed by atoms with Crippen LogP contribution in [0.1, 0.15) is 111 Å². The highest BCUT2D eigenvalue weighted by Crippen LogP contribution is 2.51. The molecule has 0 aliphatic carbocycles. The fraction of sp³-hybridized carbons (Fsp3) is 0.833. The van der Waals surface area contributed by atoms with E-state index < -0.39 is 50.1 Å². The quantitative estimate of drug-likeness (QED) is 0.133. The minimum Gasteiger partial charge on any atom is -0.481 e. The molecule has 0 saturated carbocycles. The zero-order valence-corrected chi connectivity index (χ0v) is 27.0. The van der Waals surface area contributed by atoms with Crippen molar-refractivity contribution in [2.24, 2.45) is 11.8 Å². The van der Waals surface area contributed by atoms with E-state index in [9.17, 15) is 14.7 Å². The normalized spacial score (nSPS) is 21.7. The van der Waals surface area contributed by atoms with Crippen LogP contribution < -0.4 is 11.4 Å². The van der Waals surface area contributed by atoms with Crippen LogP contribution in [0.25, 0.3) is 0 Å². The molecule has 0 spiro atoms. The van der Waals surface area contributed by atoms with Crippen LogP contribution in [0.5, 0.6) is 0 Å². The van der Waals surface area contributed by atoms with E-state index in [1.807, 2.05) is 33.9 Å². The van der Waals surface area contributed by atoms with Crippen molar-refractivity contribution in [2.45, 2.75) is 141 Å². The Balaban J connectivity index is 2.14. The van der Waals surface area contributed by atoms with Gasteiger partial charge in [0.2, 0.25) is 6.23 Å². The minimum atomic E-state index is -3.65. The van der Waals surface area contributed by atoms with Crippen LogP contribution in [0.15, 0.2) is 17.1 Å². The number of aliphatic carboxylic acids is 1. The number of rotatable bonds is 18. The fourth-order valence-corrected chi connectivity index (χ4v) is 6.29. The van der Waals surface area contributed by atoms with E-state index in [0.717, 1.165) is 31.9 Å². The Labute approximate surface area is 245 Å². The number of ether oxygens (including phenoxy) is 1. The monoisotopic (exact) mass is 601 g/mol. The van der Waals surface area contributed by atoms with Gasteiger partial charge in [0, 0.05) is 6.20 Å². The summed E-state index contributed by atoms with van der Waals surface area (Å²) in [6.45, 7) is 12.1. The van der Waals surface area contributed by atoms with Crippen LogP contribution >= 0.6 is 0 Å². The van der Waals surface area contributed by atoms with Crippen molar-refractivity contribution in [1.82, 2.24) is 9.55 Å². The lowest BCUT2D eigenvalue weighted by atomic mass is 9.80. The molecule has 41 heavy (non-hydrogen) atoms. The van der Waals surface area contributed by atoms with Crippen LogP contribution in [0.4, 0.5) is 14.6 Å². The van der Waals surface area contributed by atoms with Crippen molar-refractivity contribution in [3.05, 3.63) is 22.7 Å². The summed E-state index contributed by atoms with van der Waals surface area (Å²) >= 11 is 0. The molecule has 0 radical (unpaired) electrons. The van der Waals surface area contributed by atoms with Gasteiger partial charge < -0.3 is 20.0 Å². The number of carboxylic acid groups (broad SMARTS) is 1. The van der Waals surface area contributed by atoms with Crippen LogP contribution in [0.3, 0.4) is 0 Å². The Morgan fingerprint density at radius 1 is 1.12 bits per heavy atom. The molecule has 2 unspecified atom stereocenters. The Bertz CT molecular complexity index is 1010. The maximum absolute atomic E-state index is 16.1. The Hall–Kier alpha value is -1.85. The van der Waals surface area contributed by atoms with Gasteiger partial charge in [-0.25, -0.2) is 13.6 Å². The van der Waals surface area contributed by atoms with Crippen molar-refractivity contribution < 1.29 is 27.8 Å². The van der Waals surface area contributed by atoms with Crippen LogP contribution in [0.2, 0.25) is 18.1 Å². The molecule has 4 atom stereocenters. The van der Waals surface area contributed by atoms with E-state index in [1.165, 1.54) is 44.6 Å². The van der Waals surface area contributed by atoms with Gasteiger partial charge in [-0.3, -0.25) is 9.36 Å². The summed E-state index contributed by atoms with van der Waals surface area (Å²) in [4.78, 5) is 28.5. The first kappa shape index (κ1) is 35.3. The summed E-state index contributed by atoms with van der Waals surface area (Å²) < 4.78 is 45.0. The molecule has 11 heteroatoms. The molecule has 236 valence electrons. The Kier molecular flexibility index (Phi) is 13.4. The Morgan fingerprint density at radius 3 is 2.15 bits per heavy atom. The number of anilines is 1. The van der Waals surface area contributed by atoms with Gasteiger partial charge in [0.25, 0.3) is 5.92 Å². The van der Waals surface area contributed by atoms with Crippen molar-refractivity contribution in [3.8, 4) is 0 Å². The van der Waals surface area contributed by atoms with E-state index in [1.54, 1.807) is 0 Å². The predicted molar refractivity (Wildman–Crippen MR) is 161 cm³/mol. The molecular formula is C30H53F2N3O5Si. The van der Waals surface area contributed by atoms with Gasteiger partial charge >= 0.3 is 11.7 Å². The topological polar surface area (TPSA) is 117 Å². The first-order chi connectivity index (χ1) is 19.1. The van der Waals surface area contributed by atoms with Crippen molar-refractivity contribution in [3.63, 3.8) is 0 Å². The highest BCUT2D eigenvalue weighted by atomic mass is 28.4. The maximum atomic E-state index is 16.1. The number of hydrogen-bond donors (Lipinski definition) is 2. The highest BCUT2D eigenvalue weighted by molar-refractivity contribution is 6.74. The molecule has 1 fully saturated rings. The SMILES string of the molecule is CCCCCCCCCCCCCC(C(=O)O)[C@@H]1C(CO[Si](C)(C)C(C)(C)C)O[C@@H](n2ccc(N)nc2=O)C1(F)F. The fourth-order valence-electron chi connectivity index (χ4n) is 5.27. The molecule has 2 heterocycles. The second kappa shape index (κ2) is 15.6. The van der Waals surface area contributed by atoms with E-state index >= 15 is 8.78 Å². The van der Waals surface area contributed by atoms with Gasteiger partial charge in [0.15, 0.2) is 8.32 Å². The molecule has 1 aliphatic heterocycles. The number of halogens is 2. The third-order valence-electron chi connectivity index (χ3n) is 8.87. The van der Waals surface area contributed by atoms with Gasteiger partial charge in [-0.15, -0.1) is 0 Å². The van der Waals surface area contributed by atoms with E-state index in [0.29, 0.717) is 11.0 Å². The molecular weight excluding hydrogens is 548 g/mol. The predicted octanol–water partition coefficient (Wildman–Crippen LogP) is 7.40. The number of aromatic nitrogens is 2. The van der Waals surface area contributed by atoms with Crippen molar-refractivity contribution >= 4 is 20.1 Å². The Morgan fingerprint density at radius 2 is 1.66 bits per heavy atom. The number of carboxylic acids is 1. The second-order valence-corrected chi connectivity index (χ2v) is 17.9. The summed E-state index contributed by atoms with van der Waals surface area (Å²) in [6, 6.07) is 1.25. The molecule has 8 nitrogen and oxygen atoms in total. The van der Waals surface area contributed by atoms with Gasteiger partial charge in [0.1, 0.15) is 5.82 Å². The smallest absolute Gasteiger partial charge is 0.351 e. The van der Waals surface area contributed by atoms with Gasteiger partial charge in [-0.1, -0.05) is 98.3 Å². The summed E-state index contributed by atoms with van der Waals surface area (Å²) in [6.07, 6.45) is 10.0. The second-order valence-electron chi connectivity index (χ2n) is 13.1. The summed E-state index contributed by atoms with van der Waals surface area (Å²) in [5.41, 5.74) is 4.58. The number of alkyl halides is 2. The van der Waals surface area contributed by atoms with Crippen molar-refractivity contribution in [2.75, 3.05) is 12.3 Å². The number of hydrogen-bond acceptors (Lipinski definition) is 6. The molecule has 1 aromatic heterocycles. The molecule has 1 saturated heterocycles. The average molecular weight is 602 g/mol. The van der Waals surface area contributed by atoms with Crippen LogP contribution in [0, 0.1) is 11.8 Å². The number of unbranched alkanes of at least 4 members (excludes halogenated alkanes) is 10. The van der Waals surface area contributed by atoms with E-state index in [2.05, 4.69) is 11.9 Å². The summed E-state index contributed by atoms with van der Waals surface area (Å²) in [7, 11) is -2.36. The molecule has 3 N–H and O–H groups in total. The molecule has 0 bridgehead atoms. The number of nitrogens with two attached hydrogens (primary N) is 1. The van der Waals surface area contributed by atoms with Crippen molar-refractivity contribution in [1.29, 1.82) is 0 Å². The van der Waals surface area contributed by atoms with E-state index in [-0.39, 0.29) is 23.9 Å². The zero-order chi connectivity index (χ0) is 30.8. The third kappa shape index (κ3) is 9.85. The van der Waals surface area contributed by atoms with E-state index in [4.69, 9.17) is 14.9 Å². The van der Waals surface area contributed by atoms with Crippen LogP contribution in [-0.2, 0) is 14.0 Å². The zero-order valence-electron chi connectivity index (χ0n) is 26.0. The third-order valence-corrected chi connectivity index (χ3v) is 13.4. The highest BCUT2D eigenvalue weighted by Gasteiger charge is 2.63. The number of nitrogens with zero attached hydrogens (tertiary/aromatic N) is 2. The largest absolute Gasteiger partial charge is 0.481 e. The van der Waals surface area contributed by atoms with Gasteiger partial charge in [-0.2, -0.15) is 4.98 Å².